The predicted molar refractivity (Wildman–Crippen MR) is 128 cm³/mol. The molecule has 33 heavy (non-hydrogen) atoms. The van der Waals surface area contributed by atoms with Gasteiger partial charge in [-0.1, -0.05) is 26.8 Å². The average molecular weight is 479 g/mol. The zero-order valence-corrected chi connectivity index (χ0v) is 21.7. The number of carbonyl (C=O) groups excluding carboxylic acids is 1. The lowest BCUT2D eigenvalue weighted by Crippen LogP contribution is -2.41. The molecule has 2 rings (SSSR count). The van der Waals surface area contributed by atoms with Gasteiger partial charge in [0.15, 0.2) is 8.32 Å². The first-order valence-corrected chi connectivity index (χ1v) is 13.6. The fourth-order valence-electron chi connectivity index (χ4n) is 2.90. The average Bonchev–Trinajstić information content (AvgIpc) is 2.77. The van der Waals surface area contributed by atoms with Crippen LogP contribution in [0.3, 0.4) is 0 Å². The molecule has 182 valence electrons. The second-order valence-electron chi connectivity index (χ2n) is 8.98. The molecule has 0 atom stereocenters. The van der Waals surface area contributed by atoms with E-state index in [1.54, 1.807) is 18.2 Å². The van der Waals surface area contributed by atoms with E-state index in [9.17, 15) is 9.59 Å². The van der Waals surface area contributed by atoms with Crippen molar-refractivity contribution in [2.45, 2.75) is 45.3 Å². The van der Waals surface area contributed by atoms with E-state index in [2.05, 4.69) is 33.9 Å². The van der Waals surface area contributed by atoms with Crippen LogP contribution in [0.25, 0.3) is 11.1 Å². The molecule has 0 spiro atoms. The molecule has 0 aliphatic carbocycles. The molecule has 0 amide bonds. The van der Waals surface area contributed by atoms with Crippen molar-refractivity contribution < 1.29 is 32.6 Å². The van der Waals surface area contributed by atoms with E-state index in [0.29, 0.717) is 35.7 Å². The zero-order valence-electron chi connectivity index (χ0n) is 20.7. The van der Waals surface area contributed by atoms with Crippen molar-refractivity contribution in [3.05, 3.63) is 40.4 Å². The van der Waals surface area contributed by atoms with Crippen LogP contribution in [0, 0.1) is 0 Å². The van der Waals surface area contributed by atoms with Crippen molar-refractivity contribution in [2.24, 2.45) is 0 Å². The summed E-state index contributed by atoms with van der Waals surface area (Å²) in [5, 5.41) is 0.103. The van der Waals surface area contributed by atoms with E-state index >= 15 is 0 Å². The maximum atomic E-state index is 12.8. The van der Waals surface area contributed by atoms with Crippen molar-refractivity contribution in [1.29, 1.82) is 0 Å². The summed E-state index contributed by atoms with van der Waals surface area (Å²) in [6.45, 7) is 11.6. The minimum Gasteiger partial charge on any atom is -0.496 e. The number of hydrogen-bond donors (Lipinski definition) is 0. The highest BCUT2D eigenvalue weighted by Crippen LogP contribution is 2.42. The lowest BCUT2D eigenvalue weighted by atomic mass is 10.0. The number of hydrogen-bond acceptors (Lipinski definition) is 8. The monoisotopic (exact) mass is 478 g/mol. The van der Waals surface area contributed by atoms with Gasteiger partial charge in [0, 0.05) is 24.7 Å². The molecule has 1 aromatic carbocycles. The van der Waals surface area contributed by atoms with Gasteiger partial charge in [-0.2, -0.15) is 0 Å². The number of ether oxygens (including phenoxy) is 4. The molecular formula is C24H34O8Si. The Bertz CT molecular complexity index is 998. The van der Waals surface area contributed by atoms with Crippen molar-refractivity contribution in [3.63, 3.8) is 0 Å². The third kappa shape index (κ3) is 6.17. The van der Waals surface area contributed by atoms with Crippen molar-refractivity contribution >= 4 is 14.3 Å². The van der Waals surface area contributed by atoms with Crippen LogP contribution < -0.4 is 19.8 Å². The Balaban J connectivity index is 2.38. The Morgan fingerprint density at radius 3 is 2.15 bits per heavy atom. The molecule has 0 saturated heterocycles. The number of rotatable bonds is 10. The molecule has 2 aromatic rings. The molecule has 0 unspecified atom stereocenters. The van der Waals surface area contributed by atoms with Gasteiger partial charge in [-0.05, 0) is 30.3 Å². The van der Waals surface area contributed by atoms with Crippen molar-refractivity contribution in [3.8, 4) is 28.4 Å². The lowest BCUT2D eigenvalue weighted by molar-refractivity contribution is 0.0558. The normalized spacial score (nSPS) is 11.8. The van der Waals surface area contributed by atoms with Gasteiger partial charge in [-0.15, -0.1) is 0 Å². The van der Waals surface area contributed by atoms with Gasteiger partial charge >= 0.3 is 11.6 Å². The highest BCUT2D eigenvalue weighted by atomic mass is 28.4. The predicted octanol–water partition coefficient (Wildman–Crippen LogP) is 4.90. The zero-order chi connectivity index (χ0) is 24.8. The van der Waals surface area contributed by atoms with Gasteiger partial charge in [0.2, 0.25) is 11.5 Å². The van der Waals surface area contributed by atoms with Gasteiger partial charge in [0.05, 0.1) is 33.5 Å². The molecule has 0 radical (unpaired) electrons. The van der Waals surface area contributed by atoms with Crippen LogP contribution >= 0.6 is 0 Å². The van der Waals surface area contributed by atoms with Crippen LogP contribution in [0.2, 0.25) is 18.1 Å². The molecule has 0 bridgehead atoms. The quantitative estimate of drug-likeness (QED) is 0.270. The summed E-state index contributed by atoms with van der Waals surface area (Å²) in [6.07, 6.45) is 0.577. The third-order valence-corrected chi connectivity index (χ3v) is 10.3. The Morgan fingerprint density at radius 2 is 1.64 bits per heavy atom. The Kier molecular flexibility index (Phi) is 8.74. The van der Waals surface area contributed by atoms with E-state index in [0.717, 1.165) is 0 Å². The second-order valence-corrected chi connectivity index (χ2v) is 13.8. The smallest absolute Gasteiger partial charge is 0.379 e. The number of esters is 1. The molecule has 8 nitrogen and oxygen atoms in total. The molecule has 1 aromatic heterocycles. The van der Waals surface area contributed by atoms with Crippen LogP contribution in [0.5, 0.6) is 17.2 Å². The van der Waals surface area contributed by atoms with E-state index in [4.69, 9.17) is 27.8 Å². The summed E-state index contributed by atoms with van der Waals surface area (Å²) in [7, 11) is 2.34. The Morgan fingerprint density at radius 1 is 1.03 bits per heavy atom. The van der Waals surface area contributed by atoms with Gasteiger partial charge in [0.1, 0.15) is 11.5 Å². The van der Waals surface area contributed by atoms with E-state index in [1.165, 1.54) is 27.4 Å². The largest absolute Gasteiger partial charge is 0.496 e. The highest BCUT2D eigenvalue weighted by Gasteiger charge is 2.36. The minimum atomic E-state index is -1.88. The molecule has 0 fully saturated rings. The molecule has 0 aliphatic rings. The van der Waals surface area contributed by atoms with Gasteiger partial charge in [0.25, 0.3) is 0 Å². The van der Waals surface area contributed by atoms with Crippen LogP contribution in [-0.2, 0) is 9.16 Å². The third-order valence-electron chi connectivity index (χ3n) is 5.80. The van der Waals surface area contributed by atoms with E-state index in [-0.39, 0.29) is 23.2 Å². The maximum Gasteiger partial charge on any atom is 0.379 e. The molecule has 0 N–H and O–H groups in total. The Hall–Kier alpha value is -2.78. The molecular weight excluding hydrogens is 444 g/mol. The van der Waals surface area contributed by atoms with Crippen molar-refractivity contribution in [2.75, 3.05) is 34.5 Å². The van der Waals surface area contributed by atoms with E-state index in [1.807, 2.05) is 0 Å². The van der Waals surface area contributed by atoms with Crippen LogP contribution in [0.4, 0.5) is 0 Å². The number of benzene rings is 1. The summed E-state index contributed by atoms with van der Waals surface area (Å²) in [5.41, 5.74) is -0.0227. The molecule has 0 saturated carbocycles. The summed E-state index contributed by atoms with van der Waals surface area (Å²) >= 11 is 0. The summed E-state index contributed by atoms with van der Waals surface area (Å²) in [6, 6.07) is 6.60. The lowest BCUT2D eigenvalue weighted by Gasteiger charge is -2.36. The van der Waals surface area contributed by atoms with Crippen LogP contribution in [-0.4, -0.2) is 48.8 Å². The SMILES string of the molecule is COC(=O)c1cc(-c2c(OC)cccc2OC)c(OCCCO[Si](C)(C)C(C)(C)C)c(=O)o1. The first-order valence-electron chi connectivity index (χ1n) is 10.7. The Labute approximate surface area is 195 Å². The van der Waals surface area contributed by atoms with Crippen LogP contribution in [0.1, 0.15) is 37.7 Å². The van der Waals surface area contributed by atoms with Crippen molar-refractivity contribution in [1.82, 2.24) is 0 Å². The second kappa shape index (κ2) is 10.9. The first-order chi connectivity index (χ1) is 15.5. The first kappa shape index (κ1) is 26.5. The summed E-state index contributed by atoms with van der Waals surface area (Å²) < 4.78 is 32.9. The maximum absolute atomic E-state index is 12.8. The highest BCUT2D eigenvalue weighted by molar-refractivity contribution is 6.74. The minimum absolute atomic E-state index is 0.0437. The summed E-state index contributed by atoms with van der Waals surface area (Å²) in [5.74, 6) is -0.183. The van der Waals surface area contributed by atoms with Crippen LogP contribution in [0.15, 0.2) is 33.5 Å². The molecule has 0 aliphatic heterocycles. The van der Waals surface area contributed by atoms with Gasteiger partial charge in [-0.25, -0.2) is 9.59 Å². The van der Waals surface area contributed by atoms with E-state index < -0.39 is 19.9 Å². The standard InChI is InChI=1S/C24H34O8Si/c1-24(2,3)33(7,8)31-14-10-13-30-21-16(15-19(22(25)29-6)32-23(21)26)20-17(27-4)11-9-12-18(20)28-5/h9,11-12,15H,10,13-14H2,1-8H3. The fraction of sp³-hybridized carbons (Fsp3) is 0.500. The fourth-order valence-corrected chi connectivity index (χ4v) is 3.99. The molecule has 1 heterocycles. The topological polar surface area (TPSA) is 93.4 Å². The number of carbonyl (C=O) groups is 1. The van der Waals surface area contributed by atoms with Gasteiger partial charge < -0.3 is 27.8 Å². The molecule has 9 heteroatoms. The van der Waals surface area contributed by atoms with Gasteiger partial charge in [-0.3, -0.25) is 0 Å². The summed E-state index contributed by atoms with van der Waals surface area (Å²) in [4.78, 5) is 24.9. The number of methoxy groups -OCH3 is 3.